The number of para-hydroxylation sites is 1. The second kappa shape index (κ2) is 12.7. The van der Waals surface area contributed by atoms with Crippen LogP contribution in [-0.4, -0.2) is 52.0 Å². The molecule has 0 bridgehead atoms. The summed E-state index contributed by atoms with van der Waals surface area (Å²) in [6.07, 6.45) is 0.00860. The maximum absolute atomic E-state index is 12.3. The minimum atomic E-state index is -3.77. The fourth-order valence-electron chi connectivity index (χ4n) is 2.94. The minimum absolute atomic E-state index is 0.00661. The Morgan fingerprint density at radius 3 is 2.45 bits per heavy atom. The molecule has 2 rings (SSSR count). The van der Waals surface area contributed by atoms with E-state index < -0.39 is 10.0 Å². The number of carbonyl (C=O) groups excluding carboxylic acids is 1. The van der Waals surface area contributed by atoms with Gasteiger partial charge in [0, 0.05) is 31.6 Å². The van der Waals surface area contributed by atoms with E-state index in [1.165, 1.54) is 12.1 Å². The molecule has 0 spiro atoms. The van der Waals surface area contributed by atoms with Crippen LogP contribution < -0.4 is 14.8 Å². The molecule has 0 aliphatic carbocycles. The minimum Gasteiger partial charge on any atom is -0.492 e. The van der Waals surface area contributed by atoms with E-state index in [1.807, 2.05) is 24.3 Å². The zero-order chi connectivity index (χ0) is 22.7. The van der Waals surface area contributed by atoms with Crippen molar-refractivity contribution < 1.29 is 17.9 Å². The van der Waals surface area contributed by atoms with Gasteiger partial charge in [-0.15, -0.1) is 0 Å². The van der Waals surface area contributed by atoms with Gasteiger partial charge < -0.3 is 15.0 Å². The van der Waals surface area contributed by atoms with Gasteiger partial charge in [0.1, 0.15) is 17.3 Å². The molecule has 31 heavy (non-hydrogen) atoms. The Kier molecular flexibility index (Phi) is 10.3. The molecule has 0 radical (unpaired) electrons. The van der Waals surface area contributed by atoms with Crippen LogP contribution in [0.4, 0.5) is 0 Å². The molecule has 2 aromatic carbocycles. The maximum atomic E-state index is 12.3. The van der Waals surface area contributed by atoms with Crippen LogP contribution in [-0.2, 0) is 21.4 Å². The number of ether oxygens (including phenoxy) is 1. The van der Waals surface area contributed by atoms with Crippen molar-refractivity contribution in [3.8, 4) is 5.75 Å². The SMILES string of the molecule is CCN(CC)CCOc1ccccc1CNC(=O)CCNS(=O)(=O)c1ccccc1Cl. The number of hydrogen-bond donors (Lipinski definition) is 2. The van der Waals surface area contributed by atoms with Crippen LogP contribution in [0.25, 0.3) is 0 Å². The number of benzene rings is 2. The molecule has 170 valence electrons. The van der Waals surface area contributed by atoms with Gasteiger partial charge in [-0.3, -0.25) is 4.79 Å². The van der Waals surface area contributed by atoms with Gasteiger partial charge in [-0.2, -0.15) is 0 Å². The van der Waals surface area contributed by atoms with E-state index in [2.05, 4.69) is 28.8 Å². The lowest BCUT2D eigenvalue weighted by molar-refractivity contribution is -0.121. The summed E-state index contributed by atoms with van der Waals surface area (Å²) in [6, 6.07) is 13.7. The van der Waals surface area contributed by atoms with Crippen molar-refractivity contribution in [2.45, 2.75) is 31.7 Å². The number of likely N-dealkylation sites (N-methyl/N-ethyl adjacent to an activating group) is 1. The molecule has 0 aliphatic heterocycles. The number of nitrogens with zero attached hydrogens (tertiary/aromatic N) is 1. The van der Waals surface area contributed by atoms with Gasteiger partial charge in [0.15, 0.2) is 0 Å². The largest absolute Gasteiger partial charge is 0.492 e. The van der Waals surface area contributed by atoms with Crippen LogP contribution in [0.1, 0.15) is 25.8 Å². The Hall–Kier alpha value is -2.13. The van der Waals surface area contributed by atoms with Gasteiger partial charge in [0.25, 0.3) is 0 Å². The highest BCUT2D eigenvalue weighted by Crippen LogP contribution is 2.20. The molecule has 0 unspecified atom stereocenters. The smallest absolute Gasteiger partial charge is 0.242 e. The molecule has 9 heteroatoms. The first-order valence-corrected chi connectivity index (χ1v) is 12.2. The van der Waals surface area contributed by atoms with Crippen LogP contribution in [0.5, 0.6) is 5.75 Å². The first-order chi connectivity index (χ1) is 14.9. The van der Waals surface area contributed by atoms with Gasteiger partial charge in [0.2, 0.25) is 15.9 Å². The molecule has 2 aromatic rings. The summed E-state index contributed by atoms with van der Waals surface area (Å²) >= 11 is 5.94. The van der Waals surface area contributed by atoms with Gasteiger partial charge in [-0.05, 0) is 31.3 Å². The zero-order valence-corrected chi connectivity index (χ0v) is 19.5. The standard InChI is InChI=1S/C22H30ClN3O4S/c1-3-26(4-2)15-16-30-20-11-7-5-9-18(20)17-24-22(27)13-14-25-31(28,29)21-12-8-6-10-19(21)23/h5-12,25H,3-4,13-17H2,1-2H3,(H,24,27). The highest BCUT2D eigenvalue weighted by atomic mass is 35.5. The van der Waals surface area contributed by atoms with Crippen molar-refractivity contribution in [3.05, 3.63) is 59.1 Å². The lowest BCUT2D eigenvalue weighted by Crippen LogP contribution is -2.31. The summed E-state index contributed by atoms with van der Waals surface area (Å²) in [5, 5.41) is 2.94. The fourth-order valence-corrected chi connectivity index (χ4v) is 4.49. The van der Waals surface area contributed by atoms with Crippen LogP contribution >= 0.6 is 11.6 Å². The summed E-state index contributed by atoms with van der Waals surface area (Å²) in [7, 11) is -3.77. The average molecular weight is 468 g/mol. The Labute approximate surface area is 189 Å². The van der Waals surface area contributed by atoms with Crippen molar-refractivity contribution in [1.82, 2.24) is 14.9 Å². The Balaban J connectivity index is 1.80. The number of sulfonamides is 1. The van der Waals surface area contributed by atoms with E-state index in [0.29, 0.717) is 13.2 Å². The number of amides is 1. The van der Waals surface area contributed by atoms with Crippen molar-refractivity contribution in [2.24, 2.45) is 0 Å². The number of halogens is 1. The van der Waals surface area contributed by atoms with Gasteiger partial charge in [-0.25, -0.2) is 13.1 Å². The van der Waals surface area contributed by atoms with E-state index in [0.717, 1.165) is 30.9 Å². The lowest BCUT2D eigenvalue weighted by Gasteiger charge is -2.19. The predicted molar refractivity (Wildman–Crippen MR) is 123 cm³/mol. The van der Waals surface area contributed by atoms with Crippen LogP contribution in [0.3, 0.4) is 0 Å². The number of nitrogens with one attached hydrogen (secondary N) is 2. The number of carbonyl (C=O) groups is 1. The van der Waals surface area contributed by atoms with Crippen LogP contribution in [0.15, 0.2) is 53.4 Å². The highest BCUT2D eigenvalue weighted by molar-refractivity contribution is 7.89. The van der Waals surface area contributed by atoms with Crippen molar-refractivity contribution in [1.29, 1.82) is 0 Å². The third-order valence-electron chi connectivity index (χ3n) is 4.78. The topological polar surface area (TPSA) is 87.7 Å². The lowest BCUT2D eigenvalue weighted by atomic mass is 10.2. The number of hydrogen-bond acceptors (Lipinski definition) is 5. The normalized spacial score (nSPS) is 11.5. The van der Waals surface area contributed by atoms with Crippen LogP contribution in [0.2, 0.25) is 5.02 Å². The van der Waals surface area contributed by atoms with Gasteiger partial charge >= 0.3 is 0 Å². The summed E-state index contributed by atoms with van der Waals surface area (Å²) in [4.78, 5) is 14.4. The second-order valence-corrected chi connectivity index (χ2v) is 8.98. The molecule has 7 nitrogen and oxygen atoms in total. The van der Waals surface area contributed by atoms with E-state index in [1.54, 1.807) is 12.1 Å². The van der Waals surface area contributed by atoms with Crippen molar-refractivity contribution >= 4 is 27.5 Å². The second-order valence-electron chi connectivity index (χ2n) is 6.84. The monoisotopic (exact) mass is 467 g/mol. The third-order valence-corrected chi connectivity index (χ3v) is 6.74. The third kappa shape index (κ3) is 8.14. The summed E-state index contributed by atoms with van der Waals surface area (Å²) in [6.45, 7) is 7.84. The Morgan fingerprint density at radius 1 is 1.06 bits per heavy atom. The van der Waals surface area contributed by atoms with Gasteiger partial charge in [-0.1, -0.05) is 55.8 Å². The van der Waals surface area contributed by atoms with E-state index in [4.69, 9.17) is 16.3 Å². The quantitative estimate of drug-likeness (QED) is 0.472. The molecule has 0 aromatic heterocycles. The summed E-state index contributed by atoms with van der Waals surface area (Å²) in [5.74, 6) is 0.467. The Morgan fingerprint density at radius 2 is 1.74 bits per heavy atom. The first kappa shape index (κ1) is 25.1. The fraction of sp³-hybridized carbons (Fsp3) is 0.409. The van der Waals surface area contributed by atoms with Crippen molar-refractivity contribution in [3.63, 3.8) is 0 Å². The molecular weight excluding hydrogens is 438 g/mol. The molecule has 0 atom stereocenters. The summed E-state index contributed by atoms with van der Waals surface area (Å²) in [5.41, 5.74) is 0.868. The molecule has 0 saturated heterocycles. The van der Waals surface area contributed by atoms with Gasteiger partial charge in [0.05, 0.1) is 5.02 Å². The number of rotatable bonds is 13. The zero-order valence-electron chi connectivity index (χ0n) is 17.9. The molecule has 1 amide bonds. The molecule has 0 saturated carbocycles. The maximum Gasteiger partial charge on any atom is 0.242 e. The van der Waals surface area contributed by atoms with E-state index in [9.17, 15) is 13.2 Å². The predicted octanol–water partition coefficient (Wildman–Crippen LogP) is 3.05. The molecule has 0 aliphatic rings. The average Bonchev–Trinajstić information content (AvgIpc) is 2.76. The van der Waals surface area contributed by atoms with Crippen LogP contribution in [0, 0.1) is 0 Å². The Bertz CT molecular complexity index is 949. The van der Waals surface area contributed by atoms with E-state index in [-0.39, 0.29) is 28.8 Å². The summed E-state index contributed by atoms with van der Waals surface area (Å²) < 4.78 is 32.9. The first-order valence-electron chi connectivity index (χ1n) is 10.3. The van der Waals surface area contributed by atoms with E-state index >= 15 is 0 Å². The molecule has 2 N–H and O–H groups in total. The molecular formula is C22H30ClN3O4S. The molecule has 0 fully saturated rings. The molecule has 0 heterocycles. The highest BCUT2D eigenvalue weighted by Gasteiger charge is 2.17. The van der Waals surface area contributed by atoms with Crippen molar-refractivity contribution in [2.75, 3.05) is 32.8 Å².